The molecule has 0 saturated carbocycles. The van der Waals surface area contributed by atoms with E-state index in [0.717, 1.165) is 11.5 Å². The number of allylic oxidation sites excluding steroid dienone is 5. The van der Waals surface area contributed by atoms with Crippen LogP contribution in [0.5, 0.6) is 0 Å². The highest BCUT2D eigenvalue weighted by atomic mass is 15.0. The van der Waals surface area contributed by atoms with Crippen molar-refractivity contribution in [3.05, 3.63) is 144 Å². The molecule has 1 spiro atoms. The first kappa shape index (κ1) is 18.6. The smallest absolute Gasteiger partial charge is 0.130 e. The van der Waals surface area contributed by atoms with Crippen molar-refractivity contribution in [2.45, 2.75) is 5.41 Å². The zero-order valence-electron chi connectivity index (χ0n) is 17.6. The first-order chi connectivity index (χ1) is 15.8. The van der Waals surface area contributed by atoms with Crippen molar-refractivity contribution >= 4 is 17.1 Å². The molecular formula is C30H22N2. The highest BCUT2D eigenvalue weighted by Gasteiger charge is 2.47. The normalized spacial score (nSPS) is 14.7. The second-order valence-corrected chi connectivity index (χ2v) is 8.19. The summed E-state index contributed by atoms with van der Waals surface area (Å²) in [5.41, 5.74) is 9.76. The summed E-state index contributed by atoms with van der Waals surface area (Å²) in [5, 5.41) is 3.48. The molecule has 32 heavy (non-hydrogen) atoms. The fourth-order valence-electron chi connectivity index (χ4n) is 5.20. The summed E-state index contributed by atoms with van der Waals surface area (Å²) < 4.78 is 0. The average molecular weight is 411 g/mol. The van der Waals surface area contributed by atoms with Crippen molar-refractivity contribution in [2.75, 3.05) is 5.32 Å². The topological polar surface area (TPSA) is 24.9 Å². The summed E-state index contributed by atoms with van der Waals surface area (Å²) in [5.74, 6) is 0.839. The predicted molar refractivity (Wildman–Crippen MR) is 133 cm³/mol. The summed E-state index contributed by atoms with van der Waals surface area (Å²) in [7, 11) is 0. The molecule has 4 aromatic rings. The molecule has 6 rings (SSSR count). The molecule has 0 atom stereocenters. The second kappa shape index (κ2) is 7.21. The van der Waals surface area contributed by atoms with Crippen molar-refractivity contribution in [3.63, 3.8) is 0 Å². The van der Waals surface area contributed by atoms with Crippen molar-refractivity contribution in [3.8, 4) is 11.1 Å². The molecule has 0 fully saturated rings. The van der Waals surface area contributed by atoms with Crippen molar-refractivity contribution in [1.29, 1.82) is 0 Å². The van der Waals surface area contributed by atoms with Gasteiger partial charge in [0.1, 0.15) is 5.82 Å². The molecule has 1 aromatic heterocycles. The number of nitrogens with one attached hydrogen (secondary N) is 1. The lowest BCUT2D eigenvalue weighted by Crippen LogP contribution is -2.22. The molecule has 0 unspecified atom stereocenters. The third-order valence-electron chi connectivity index (χ3n) is 6.47. The molecule has 0 radical (unpaired) electrons. The van der Waals surface area contributed by atoms with Crippen LogP contribution in [0.25, 0.3) is 16.7 Å². The monoisotopic (exact) mass is 410 g/mol. The average Bonchev–Trinajstić information content (AvgIpc) is 3.32. The van der Waals surface area contributed by atoms with E-state index in [1.807, 2.05) is 30.4 Å². The van der Waals surface area contributed by atoms with Crippen LogP contribution in [0.3, 0.4) is 0 Å². The fraction of sp³-hybridized carbons (Fsp3) is 0.0333. The first-order valence-electron chi connectivity index (χ1n) is 10.9. The van der Waals surface area contributed by atoms with E-state index < -0.39 is 0 Å². The summed E-state index contributed by atoms with van der Waals surface area (Å²) in [6.45, 7) is 3.87. The van der Waals surface area contributed by atoms with E-state index in [2.05, 4.69) is 95.8 Å². The number of aromatic nitrogens is 1. The molecule has 0 amide bonds. The lowest BCUT2D eigenvalue weighted by molar-refractivity contribution is 0.821. The zero-order chi connectivity index (χ0) is 21.5. The fourth-order valence-corrected chi connectivity index (χ4v) is 5.20. The van der Waals surface area contributed by atoms with Crippen LogP contribution in [-0.2, 0) is 5.41 Å². The Bertz CT molecular complexity index is 1360. The van der Waals surface area contributed by atoms with Crippen LogP contribution in [-0.4, -0.2) is 4.98 Å². The van der Waals surface area contributed by atoms with Gasteiger partial charge in [-0.2, -0.15) is 0 Å². The maximum atomic E-state index is 4.44. The maximum Gasteiger partial charge on any atom is 0.130 e. The Labute approximate surface area is 188 Å². The van der Waals surface area contributed by atoms with Gasteiger partial charge in [0.2, 0.25) is 0 Å². The molecule has 0 aliphatic heterocycles. The second-order valence-electron chi connectivity index (χ2n) is 8.19. The Morgan fingerprint density at radius 3 is 2.16 bits per heavy atom. The first-order valence-corrected chi connectivity index (χ1v) is 10.9. The molecule has 2 aliphatic carbocycles. The standard InChI is InChI=1S/C30H22N2/c1-2-3-10-21-20-30(26-13-6-4-11-24(26)25-12-5-7-14-27(25)30)28-19-22(16-17-23(21)28)32-29-15-8-9-18-31-29/h2-20H,1H2,(H,31,32)/b10-3-. The maximum absolute atomic E-state index is 4.44. The van der Waals surface area contributed by atoms with Gasteiger partial charge in [0.15, 0.2) is 0 Å². The summed E-state index contributed by atoms with van der Waals surface area (Å²) >= 11 is 0. The molecule has 2 heteroatoms. The summed E-state index contributed by atoms with van der Waals surface area (Å²) in [6, 6.07) is 30.1. The number of pyridine rings is 1. The van der Waals surface area contributed by atoms with Crippen LogP contribution in [0.1, 0.15) is 22.3 Å². The van der Waals surface area contributed by atoms with E-state index in [9.17, 15) is 0 Å². The largest absolute Gasteiger partial charge is 0.340 e. The molecule has 152 valence electrons. The third kappa shape index (κ3) is 2.63. The molecule has 1 heterocycles. The number of benzene rings is 3. The van der Waals surface area contributed by atoms with Gasteiger partial charge in [-0.05, 0) is 63.2 Å². The number of hydrogen-bond acceptors (Lipinski definition) is 2. The van der Waals surface area contributed by atoms with Crippen LogP contribution in [0, 0.1) is 0 Å². The zero-order valence-corrected chi connectivity index (χ0v) is 17.6. The Balaban J connectivity index is 1.61. The van der Waals surface area contributed by atoms with Crippen LogP contribution < -0.4 is 5.32 Å². The summed E-state index contributed by atoms with van der Waals surface area (Å²) in [6.07, 6.45) is 10.2. The minimum atomic E-state index is -0.314. The van der Waals surface area contributed by atoms with Gasteiger partial charge in [0.25, 0.3) is 0 Å². The van der Waals surface area contributed by atoms with Crippen LogP contribution in [0.15, 0.2) is 122 Å². The Morgan fingerprint density at radius 2 is 1.47 bits per heavy atom. The third-order valence-corrected chi connectivity index (χ3v) is 6.47. The van der Waals surface area contributed by atoms with E-state index in [-0.39, 0.29) is 5.41 Å². The SMILES string of the molecule is C=C/C=C\C1=CC2(c3cc(Nc4ccccn4)ccc31)c1ccccc1-c1ccccc12. The van der Waals surface area contributed by atoms with E-state index in [1.165, 1.54) is 39.0 Å². The molecule has 2 aliphatic rings. The summed E-state index contributed by atoms with van der Waals surface area (Å²) in [4.78, 5) is 4.44. The Morgan fingerprint density at radius 1 is 0.750 bits per heavy atom. The predicted octanol–water partition coefficient (Wildman–Crippen LogP) is 7.28. The van der Waals surface area contributed by atoms with Gasteiger partial charge in [-0.1, -0.05) is 91.5 Å². The minimum Gasteiger partial charge on any atom is -0.340 e. The molecule has 0 bridgehead atoms. The molecular weight excluding hydrogens is 388 g/mol. The van der Waals surface area contributed by atoms with Gasteiger partial charge in [0, 0.05) is 11.9 Å². The van der Waals surface area contributed by atoms with Crippen molar-refractivity contribution in [2.24, 2.45) is 0 Å². The molecule has 0 saturated heterocycles. The van der Waals surface area contributed by atoms with Crippen molar-refractivity contribution < 1.29 is 0 Å². The van der Waals surface area contributed by atoms with E-state index >= 15 is 0 Å². The number of anilines is 2. The van der Waals surface area contributed by atoms with Crippen LogP contribution >= 0.6 is 0 Å². The van der Waals surface area contributed by atoms with E-state index in [4.69, 9.17) is 0 Å². The number of hydrogen-bond donors (Lipinski definition) is 1. The van der Waals surface area contributed by atoms with Gasteiger partial charge in [0.05, 0.1) is 5.41 Å². The van der Waals surface area contributed by atoms with Crippen LogP contribution in [0.2, 0.25) is 0 Å². The lowest BCUT2D eigenvalue weighted by Gasteiger charge is -2.27. The van der Waals surface area contributed by atoms with E-state index in [0.29, 0.717) is 0 Å². The van der Waals surface area contributed by atoms with E-state index in [1.54, 1.807) is 6.20 Å². The quantitative estimate of drug-likeness (QED) is 0.358. The van der Waals surface area contributed by atoms with Gasteiger partial charge in [-0.15, -0.1) is 0 Å². The van der Waals surface area contributed by atoms with Crippen LogP contribution in [0.4, 0.5) is 11.5 Å². The Hall–Kier alpha value is -4.17. The highest BCUT2D eigenvalue weighted by molar-refractivity contribution is 5.94. The number of nitrogens with zero attached hydrogens (tertiary/aromatic N) is 1. The van der Waals surface area contributed by atoms with Gasteiger partial charge in [-0.3, -0.25) is 0 Å². The molecule has 3 aromatic carbocycles. The molecule has 2 nitrogen and oxygen atoms in total. The van der Waals surface area contributed by atoms with Gasteiger partial charge in [-0.25, -0.2) is 4.98 Å². The lowest BCUT2D eigenvalue weighted by atomic mass is 9.74. The Kier molecular flexibility index (Phi) is 4.19. The highest BCUT2D eigenvalue weighted by Crippen LogP contribution is 2.58. The number of fused-ring (bicyclic) bond motifs is 7. The van der Waals surface area contributed by atoms with Gasteiger partial charge >= 0.3 is 0 Å². The van der Waals surface area contributed by atoms with Gasteiger partial charge < -0.3 is 5.32 Å². The number of rotatable bonds is 4. The molecule has 1 N–H and O–H groups in total. The van der Waals surface area contributed by atoms with Crippen molar-refractivity contribution in [1.82, 2.24) is 4.98 Å². The minimum absolute atomic E-state index is 0.314.